The molecule has 0 radical (unpaired) electrons. The molecule has 11 rings (SSSR count). The summed E-state index contributed by atoms with van der Waals surface area (Å²) in [6, 6.07) is 68.5. The first-order valence-corrected chi connectivity index (χ1v) is 19.5. The lowest BCUT2D eigenvalue weighted by Gasteiger charge is -2.28. The Labute approximate surface area is 326 Å². The van der Waals surface area contributed by atoms with E-state index in [2.05, 4.69) is 205 Å². The molecule has 9 aromatic carbocycles. The number of para-hydroxylation sites is 1. The van der Waals surface area contributed by atoms with E-state index in [1.165, 1.54) is 60.3 Å². The summed E-state index contributed by atoms with van der Waals surface area (Å²) in [5.74, 6) is 0. The van der Waals surface area contributed by atoms with Crippen molar-refractivity contribution < 1.29 is 4.42 Å². The van der Waals surface area contributed by atoms with E-state index < -0.39 is 0 Å². The van der Waals surface area contributed by atoms with E-state index in [1.807, 2.05) is 0 Å². The molecule has 1 heterocycles. The molecule has 0 atom stereocenters. The van der Waals surface area contributed by atoms with Crippen molar-refractivity contribution >= 4 is 66.6 Å². The van der Waals surface area contributed by atoms with Crippen LogP contribution in [0.2, 0.25) is 0 Å². The molecular formula is C54H37NO. The Hall–Kier alpha value is -7.16. The van der Waals surface area contributed by atoms with Crippen LogP contribution < -0.4 is 4.90 Å². The average Bonchev–Trinajstić information content (AvgIpc) is 3.62. The number of aryl methyl sites for hydroxylation is 1. The minimum atomic E-state index is 0.914. The first kappa shape index (κ1) is 32.3. The quantitative estimate of drug-likeness (QED) is 0.170. The lowest BCUT2D eigenvalue weighted by atomic mass is 9.94. The molecule has 0 amide bonds. The molecule has 0 bridgehead atoms. The molecule has 1 aromatic heterocycles. The van der Waals surface area contributed by atoms with E-state index in [9.17, 15) is 0 Å². The van der Waals surface area contributed by atoms with Crippen molar-refractivity contribution in [2.24, 2.45) is 0 Å². The van der Waals surface area contributed by atoms with Crippen molar-refractivity contribution in [2.75, 3.05) is 4.90 Å². The van der Waals surface area contributed by atoms with Gasteiger partial charge in [0.25, 0.3) is 0 Å². The highest BCUT2D eigenvalue weighted by atomic mass is 16.3. The second-order valence-corrected chi connectivity index (χ2v) is 14.9. The number of nitrogens with zero attached hydrogens (tertiary/aromatic N) is 1. The maximum absolute atomic E-state index is 6.43. The molecule has 10 aromatic rings. The highest BCUT2D eigenvalue weighted by Gasteiger charge is 2.20. The van der Waals surface area contributed by atoms with Crippen LogP contribution in [0.4, 0.5) is 17.1 Å². The van der Waals surface area contributed by atoms with E-state index in [0.29, 0.717) is 0 Å². The van der Waals surface area contributed by atoms with Crippen LogP contribution in [-0.4, -0.2) is 0 Å². The fourth-order valence-corrected chi connectivity index (χ4v) is 8.58. The van der Waals surface area contributed by atoms with E-state index in [-0.39, 0.29) is 0 Å². The zero-order chi connectivity index (χ0) is 37.0. The molecule has 56 heavy (non-hydrogen) atoms. The summed E-state index contributed by atoms with van der Waals surface area (Å²) in [5, 5.41) is 7.30. The number of fused-ring (bicyclic) bond motifs is 6. The van der Waals surface area contributed by atoms with Gasteiger partial charge in [-0.15, -0.1) is 0 Å². The molecule has 0 fully saturated rings. The lowest BCUT2D eigenvalue weighted by Crippen LogP contribution is -2.11. The van der Waals surface area contributed by atoms with Gasteiger partial charge in [-0.05, 0) is 140 Å². The summed E-state index contributed by atoms with van der Waals surface area (Å²) in [6.45, 7) is 0. The van der Waals surface area contributed by atoms with Crippen molar-refractivity contribution in [3.63, 3.8) is 0 Å². The summed E-state index contributed by atoms with van der Waals surface area (Å²) in [7, 11) is 0. The zero-order valence-corrected chi connectivity index (χ0v) is 30.8. The number of hydrogen-bond donors (Lipinski definition) is 0. The number of allylic oxidation sites excluding steroid dienone is 1. The van der Waals surface area contributed by atoms with Gasteiger partial charge in [0.05, 0.1) is 5.69 Å². The normalized spacial score (nSPS) is 12.4. The molecule has 0 aliphatic heterocycles. The van der Waals surface area contributed by atoms with E-state index in [1.54, 1.807) is 0 Å². The van der Waals surface area contributed by atoms with Crippen LogP contribution in [0.15, 0.2) is 199 Å². The Bertz CT molecular complexity index is 3150. The monoisotopic (exact) mass is 715 g/mol. The minimum absolute atomic E-state index is 0.914. The number of hydrogen-bond acceptors (Lipinski definition) is 2. The van der Waals surface area contributed by atoms with Crippen LogP contribution in [0, 0.1) is 0 Å². The molecule has 264 valence electrons. The number of furan rings is 1. The average molecular weight is 716 g/mol. The van der Waals surface area contributed by atoms with Crippen LogP contribution >= 0.6 is 0 Å². The predicted molar refractivity (Wildman–Crippen MR) is 237 cm³/mol. The second kappa shape index (κ2) is 13.3. The van der Waals surface area contributed by atoms with Crippen molar-refractivity contribution in [1.29, 1.82) is 0 Å². The van der Waals surface area contributed by atoms with Gasteiger partial charge in [-0.3, -0.25) is 0 Å². The van der Waals surface area contributed by atoms with Crippen molar-refractivity contribution in [3.8, 4) is 33.4 Å². The van der Waals surface area contributed by atoms with Gasteiger partial charge in [-0.25, -0.2) is 0 Å². The van der Waals surface area contributed by atoms with E-state index >= 15 is 0 Å². The van der Waals surface area contributed by atoms with Gasteiger partial charge in [0.1, 0.15) is 11.2 Å². The summed E-state index contributed by atoms with van der Waals surface area (Å²) in [5.41, 5.74) is 14.9. The van der Waals surface area contributed by atoms with Crippen LogP contribution in [0.5, 0.6) is 0 Å². The Kier molecular flexibility index (Phi) is 7.67. The predicted octanol–water partition coefficient (Wildman–Crippen LogP) is 15.3. The zero-order valence-electron chi connectivity index (χ0n) is 30.8. The van der Waals surface area contributed by atoms with Gasteiger partial charge in [0.2, 0.25) is 0 Å². The smallest absolute Gasteiger partial charge is 0.136 e. The minimum Gasteiger partial charge on any atom is -0.456 e. The van der Waals surface area contributed by atoms with Crippen molar-refractivity contribution in [1.82, 2.24) is 0 Å². The summed E-state index contributed by atoms with van der Waals surface area (Å²) >= 11 is 0. The largest absolute Gasteiger partial charge is 0.456 e. The molecule has 1 aliphatic carbocycles. The van der Waals surface area contributed by atoms with Crippen LogP contribution in [-0.2, 0) is 6.42 Å². The first-order chi connectivity index (χ1) is 27.7. The third-order valence-corrected chi connectivity index (χ3v) is 11.5. The van der Waals surface area contributed by atoms with Gasteiger partial charge >= 0.3 is 0 Å². The lowest BCUT2D eigenvalue weighted by molar-refractivity contribution is 0.668. The first-order valence-electron chi connectivity index (χ1n) is 19.5. The van der Waals surface area contributed by atoms with Crippen LogP contribution in [0.3, 0.4) is 0 Å². The summed E-state index contributed by atoms with van der Waals surface area (Å²) < 4.78 is 6.43. The fraction of sp³-hybridized carbons (Fsp3) is 0.0370. The Morgan fingerprint density at radius 1 is 0.411 bits per heavy atom. The molecule has 0 unspecified atom stereocenters. The fourth-order valence-electron chi connectivity index (χ4n) is 8.58. The highest BCUT2D eigenvalue weighted by molar-refractivity contribution is 6.08. The number of benzene rings is 9. The van der Waals surface area contributed by atoms with Gasteiger partial charge < -0.3 is 9.32 Å². The van der Waals surface area contributed by atoms with Crippen molar-refractivity contribution in [2.45, 2.75) is 12.8 Å². The molecule has 0 saturated carbocycles. The molecule has 2 heteroatoms. The molecule has 1 aliphatic rings. The van der Waals surface area contributed by atoms with Gasteiger partial charge in [0.15, 0.2) is 0 Å². The Morgan fingerprint density at radius 3 is 1.84 bits per heavy atom. The van der Waals surface area contributed by atoms with Crippen molar-refractivity contribution in [3.05, 3.63) is 205 Å². The molecule has 0 N–H and O–H groups in total. The molecule has 0 saturated heterocycles. The standard InChI is InChI=1S/C54H37NO/c1-3-12-39-30-44(22-20-36(39)10-1)38-24-27-47(28-25-38)55(48-17-9-16-41(32-48)45-23-21-37-11-2-4-13-40(37)31-45)52-19-8-7-18-49(52)46-26-29-53-50(34-46)51-33-42-14-5-6-15-43(42)35-54(51)56-53/h1-4,6-13,15-35H,5,14H2. The third kappa shape index (κ3) is 5.66. The molecule has 0 spiro atoms. The Morgan fingerprint density at radius 2 is 1.05 bits per heavy atom. The second-order valence-electron chi connectivity index (χ2n) is 14.9. The maximum Gasteiger partial charge on any atom is 0.136 e. The highest BCUT2D eigenvalue weighted by Crippen LogP contribution is 2.44. The number of rotatable bonds is 6. The summed E-state index contributed by atoms with van der Waals surface area (Å²) in [6.07, 6.45) is 6.62. The topological polar surface area (TPSA) is 16.4 Å². The molecule has 2 nitrogen and oxygen atoms in total. The Balaban J connectivity index is 1.06. The van der Waals surface area contributed by atoms with E-state index in [4.69, 9.17) is 4.42 Å². The van der Waals surface area contributed by atoms with Crippen LogP contribution in [0.1, 0.15) is 17.5 Å². The maximum atomic E-state index is 6.43. The number of anilines is 3. The van der Waals surface area contributed by atoms with Gasteiger partial charge in [0, 0.05) is 27.7 Å². The summed E-state index contributed by atoms with van der Waals surface area (Å²) in [4.78, 5) is 2.41. The van der Waals surface area contributed by atoms with Gasteiger partial charge in [-0.2, -0.15) is 0 Å². The van der Waals surface area contributed by atoms with E-state index in [0.717, 1.165) is 57.6 Å². The SMILES string of the molecule is C1=Cc2cc3oc4ccc(-c5ccccc5N(c5ccc(-c6ccc7ccccc7c6)cc5)c5cccc(-c6ccc7ccccc7c6)c5)cc4c3cc2CC1. The molecular weight excluding hydrogens is 679 g/mol. The van der Waals surface area contributed by atoms with Crippen LogP contribution in [0.25, 0.3) is 82.9 Å². The van der Waals surface area contributed by atoms with Gasteiger partial charge in [-0.1, -0.05) is 133 Å². The third-order valence-electron chi connectivity index (χ3n) is 11.5.